The molecule has 1 saturated heterocycles. The zero-order chi connectivity index (χ0) is 17.6. The fourth-order valence-corrected chi connectivity index (χ4v) is 2.98. The topological polar surface area (TPSA) is 50.8 Å². The van der Waals surface area contributed by atoms with Crippen LogP contribution in [-0.4, -0.2) is 36.2 Å². The van der Waals surface area contributed by atoms with Crippen molar-refractivity contribution in [2.45, 2.75) is 32.6 Å². The Morgan fingerprint density at radius 3 is 2.48 bits per heavy atom. The van der Waals surface area contributed by atoms with E-state index < -0.39 is 0 Å². The summed E-state index contributed by atoms with van der Waals surface area (Å²) >= 11 is 0. The zero-order valence-electron chi connectivity index (χ0n) is 14.6. The van der Waals surface area contributed by atoms with Gasteiger partial charge >= 0.3 is 6.03 Å². The van der Waals surface area contributed by atoms with Gasteiger partial charge in [-0.25, -0.2) is 4.79 Å². The van der Waals surface area contributed by atoms with Crippen LogP contribution < -0.4 is 10.1 Å². The van der Waals surface area contributed by atoms with Crippen molar-refractivity contribution in [3.63, 3.8) is 0 Å². The van der Waals surface area contributed by atoms with Gasteiger partial charge in [0.2, 0.25) is 0 Å². The molecule has 2 aromatic rings. The van der Waals surface area contributed by atoms with Crippen LogP contribution in [-0.2, 0) is 11.3 Å². The van der Waals surface area contributed by atoms with Crippen molar-refractivity contribution < 1.29 is 14.3 Å². The molecule has 5 heteroatoms. The van der Waals surface area contributed by atoms with E-state index >= 15 is 0 Å². The van der Waals surface area contributed by atoms with Crippen LogP contribution in [0.4, 0.5) is 4.79 Å². The second-order valence-corrected chi connectivity index (χ2v) is 6.38. The van der Waals surface area contributed by atoms with Crippen molar-refractivity contribution in [1.82, 2.24) is 10.2 Å². The molecular formula is C20H24N2O3. The van der Waals surface area contributed by atoms with Gasteiger partial charge in [0, 0.05) is 19.6 Å². The molecule has 1 N–H and O–H groups in total. The van der Waals surface area contributed by atoms with E-state index in [9.17, 15) is 4.79 Å². The number of nitrogens with zero attached hydrogens (tertiary/aromatic N) is 1. The summed E-state index contributed by atoms with van der Waals surface area (Å²) in [4.78, 5) is 14.2. The minimum atomic E-state index is -0.0589. The summed E-state index contributed by atoms with van der Waals surface area (Å²) in [7, 11) is 0. The molecule has 0 saturated carbocycles. The maximum absolute atomic E-state index is 12.4. The molecule has 2 aromatic carbocycles. The summed E-state index contributed by atoms with van der Waals surface area (Å²) in [6.45, 7) is 5.67. The average Bonchev–Trinajstić information content (AvgIpc) is 2.60. The third-order valence-corrected chi connectivity index (χ3v) is 4.03. The number of amides is 2. The number of hydrogen-bond donors (Lipinski definition) is 1. The summed E-state index contributed by atoms with van der Waals surface area (Å²) < 4.78 is 11.5. The monoisotopic (exact) mass is 340 g/mol. The molecule has 0 aliphatic carbocycles. The molecule has 1 fully saturated rings. The van der Waals surface area contributed by atoms with Crippen LogP contribution in [0.1, 0.15) is 19.4 Å². The van der Waals surface area contributed by atoms with Crippen LogP contribution >= 0.6 is 0 Å². The Morgan fingerprint density at radius 1 is 1.08 bits per heavy atom. The summed E-state index contributed by atoms with van der Waals surface area (Å²) in [5.74, 6) is 1.55. The summed E-state index contributed by atoms with van der Waals surface area (Å²) in [5, 5.41) is 2.98. The molecule has 0 radical (unpaired) electrons. The van der Waals surface area contributed by atoms with Gasteiger partial charge in [0.25, 0.3) is 0 Å². The molecule has 1 aliphatic rings. The van der Waals surface area contributed by atoms with Gasteiger partial charge in [0.1, 0.15) is 11.5 Å². The van der Waals surface area contributed by atoms with Crippen LogP contribution in [0.15, 0.2) is 54.6 Å². The minimum Gasteiger partial charge on any atom is -0.457 e. The van der Waals surface area contributed by atoms with Gasteiger partial charge in [0.05, 0.1) is 12.2 Å². The molecule has 2 unspecified atom stereocenters. The number of para-hydroxylation sites is 1. The Balaban J connectivity index is 1.56. The van der Waals surface area contributed by atoms with Gasteiger partial charge in [-0.2, -0.15) is 0 Å². The van der Waals surface area contributed by atoms with Gasteiger partial charge in [-0.1, -0.05) is 30.3 Å². The normalized spacial score (nSPS) is 20.2. The van der Waals surface area contributed by atoms with E-state index in [1.165, 1.54) is 0 Å². The summed E-state index contributed by atoms with van der Waals surface area (Å²) in [6, 6.07) is 17.3. The molecule has 1 heterocycles. The first kappa shape index (κ1) is 17.3. The van der Waals surface area contributed by atoms with Crippen LogP contribution in [0, 0.1) is 0 Å². The first-order valence-electron chi connectivity index (χ1n) is 8.60. The number of nitrogens with one attached hydrogen (secondary N) is 1. The van der Waals surface area contributed by atoms with Gasteiger partial charge < -0.3 is 19.7 Å². The maximum atomic E-state index is 12.4. The second kappa shape index (κ2) is 8.03. The fraction of sp³-hybridized carbons (Fsp3) is 0.350. The van der Waals surface area contributed by atoms with E-state index in [0.717, 1.165) is 17.1 Å². The molecular weight excluding hydrogens is 316 g/mol. The van der Waals surface area contributed by atoms with Gasteiger partial charge in [-0.15, -0.1) is 0 Å². The zero-order valence-corrected chi connectivity index (χ0v) is 14.6. The number of urea groups is 1. The molecule has 1 aliphatic heterocycles. The lowest BCUT2D eigenvalue weighted by Gasteiger charge is -2.35. The smallest absolute Gasteiger partial charge is 0.317 e. The number of rotatable bonds is 4. The highest BCUT2D eigenvalue weighted by Crippen LogP contribution is 2.21. The van der Waals surface area contributed by atoms with Crippen LogP contribution in [0.25, 0.3) is 0 Å². The van der Waals surface area contributed by atoms with E-state index in [-0.39, 0.29) is 18.2 Å². The average molecular weight is 340 g/mol. The van der Waals surface area contributed by atoms with Crippen LogP contribution in [0.2, 0.25) is 0 Å². The van der Waals surface area contributed by atoms with E-state index in [1.54, 1.807) is 0 Å². The van der Waals surface area contributed by atoms with Crippen molar-refractivity contribution in [3.05, 3.63) is 60.2 Å². The molecule has 0 spiro atoms. The van der Waals surface area contributed by atoms with Crippen LogP contribution in [0.5, 0.6) is 11.5 Å². The minimum absolute atomic E-state index is 0.0589. The quantitative estimate of drug-likeness (QED) is 0.921. The lowest BCUT2D eigenvalue weighted by Crippen LogP contribution is -2.51. The van der Waals surface area contributed by atoms with E-state index in [0.29, 0.717) is 19.6 Å². The van der Waals surface area contributed by atoms with Gasteiger partial charge in [-0.05, 0) is 43.7 Å². The number of hydrogen-bond acceptors (Lipinski definition) is 3. The maximum Gasteiger partial charge on any atom is 0.317 e. The van der Waals surface area contributed by atoms with E-state index in [2.05, 4.69) is 5.32 Å². The van der Waals surface area contributed by atoms with Crippen LogP contribution in [0.3, 0.4) is 0 Å². The molecule has 2 atom stereocenters. The lowest BCUT2D eigenvalue weighted by atomic mass is 10.2. The van der Waals surface area contributed by atoms with Crippen molar-refractivity contribution >= 4 is 6.03 Å². The highest BCUT2D eigenvalue weighted by Gasteiger charge is 2.25. The SMILES string of the molecule is CC1CN(C(=O)NCc2cccc(Oc3ccccc3)c2)CC(C)O1. The Labute approximate surface area is 148 Å². The Bertz CT molecular complexity index is 695. The first-order valence-corrected chi connectivity index (χ1v) is 8.60. The summed E-state index contributed by atoms with van der Waals surface area (Å²) in [6.07, 6.45) is 0.134. The second-order valence-electron chi connectivity index (χ2n) is 6.38. The highest BCUT2D eigenvalue weighted by atomic mass is 16.5. The first-order chi connectivity index (χ1) is 12.1. The van der Waals surface area contributed by atoms with E-state index in [1.807, 2.05) is 73.3 Å². The fourth-order valence-electron chi connectivity index (χ4n) is 2.98. The lowest BCUT2D eigenvalue weighted by molar-refractivity contribution is -0.0545. The third kappa shape index (κ3) is 4.97. The number of benzene rings is 2. The largest absolute Gasteiger partial charge is 0.457 e. The molecule has 0 bridgehead atoms. The van der Waals surface area contributed by atoms with Gasteiger partial charge in [-0.3, -0.25) is 0 Å². The number of carbonyl (C=O) groups excluding carboxylic acids is 1. The predicted molar refractivity (Wildman–Crippen MR) is 96.8 cm³/mol. The van der Waals surface area contributed by atoms with Crippen molar-refractivity contribution in [1.29, 1.82) is 0 Å². The van der Waals surface area contributed by atoms with E-state index in [4.69, 9.17) is 9.47 Å². The molecule has 2 amide bonds. The van der Waals surface area contributed by atoms with Gasteiger partial charge in [0.15, 0.2) is 0 Å². The molecule has 25 heavy (non-hydrogen) atoms. The number of morpholine rings is 1. The highest BCUT2D eigenvalue weighted by molar-refractivity contribution is 5.74. The Morgan fingerprint density at radius 2 is 1.76 bits per heavy atom. The summed E-state index contributed by atoms with van der Waals surface area (Å²) in [5.41, 5.74) is 0.996. The van der Waals surface area contributed by atoms with Crippen molar-refractivity contribution in [2.24, 2.45) is 0 Å². The Kier molecular flexibility index (Phi) is 5.56. The Hall–Kier alpha value is -2.53. The van der Waals surface area contributed by atoms with Crippen molar-refractivity contribution in [3.8, 4) is 11.5 Å². The number of carbonyl (C=O) groups is 1. The third-order valence-electron chi connectivity index (χ3n) is 4.03. The molecule has 0 aromatic heterocycles. The predicted octanol–water partition coefficient (Wildman–Crippen LogP) is 3.80. The molecule has 5 nitrogen and oxygen atoms in total. The van der Waals surface area contributed by atoms with Crippen molar-refractivity contribution in [2.75, 3.05) is 13.1 Å². The molecule has 132 valence electrons. The standard InChI is InChI=1S/C20H24N2O3/c1-15-13-22(14-16(2)24-15)20(23)21-12-17-7-6-10-19(11-17)25-18-8-4-3-5-9-18/h3-11,15-16H,12-14H2,1-2H3,(H,21,23). The molecule has 3 rings (SSSR count). The number of ether oxygens (including phenoxy) is 2.